The number of anilines is 1. The van der Waals surface area contributed by atoms with Gasteiger partial charge in [0.05, 0.1) is 0 Å². The van der Waals surface area contributed by atoms with Crippen LogP contribution in [-0.4, -0.2) is 29.0 Å². The third kappa shape index (κ3) is 4.41. The molecule has 7 nitrogen and oxygen atoms in total. The maximum absolute atomic E-state index is 12.4. The Morgan fingerprint density at radius 2 is 1.88 bits per heavy atom. The number of benzene rings is 1. The van der Waals surface area contributed by atoms with Crippen molar-refractivity contribution in [2.75, 3.05) is 5.32 Å². The molecular formula is C17H22N4O3. The van der Waals surface area contributed by atoms with Crippen LogP contribution in [0, 0.1) is 6.92 Å². The average Bonchev–Trinajstić information content (AvgIpc) is 2.48. The Hall–Kier alpha value is -2.70. The van der Waals surface area contributed by atoms with Gasteiger partial charge in [0.15, 0.2) is 0 Å². The predicted octanol–water partition coefficient (Wildman–Crippen LogP) is 1.73. The highest BCUT2D eigenvalue weighted by atomic mass is 16.2. The first-order valence-corrected chi connectivity index (χ1v) is 7.76. The summed E-state index contributed by atoms with van der Waals surface area (Å²) in [5, 5.41) is 9.42. The Kier molecular flexibility index (Phi) is 5.02. The van der Waals surface area contributed by atoms with Gasteiger partial charge in [0, 0.05) is 29.6 Å². The van der Waals surface area contributed by atoms with Crippen molar-refractivity contribution in [1.29, 1.82) is 0 Å². The van der Waals surface area contributed by atoms with Crippen molar-refractivity contribution in [3.63, 3.8) is 0 Å². The number of hydrogen-bond acceptors (Lipinski definition) is 4. The zero-order chi connectivity index (χ0) is 17.9. The smallest absolute Gasteiger partial charge is 0.271 e. The summed E-state index contributed by atoms with van der Waals surface area (Å²) in [7, 11) is 0. The molecule has 0 radical (unpaired) electrons. The standard InChI is InChI=1S/C17H22N4O3/c1-10-11(15(23)19-17(2,3)4)6-5-7-12(10)18-16(24)13-8-9-14(22)21-20-13/h5-7H,8-9H2,1-4H3,(H,18,24)(H,19,23)(H,21,22). The summed E-state index contributed by atoms with van der Waals surface area (Å²) in [5.74, 6) is -0.784. The first-order valence-electron chi connectivity index (χ1n) is 7.76. The highest BCUT2D eigenvalue weighted by Gasteiger charge is 2.21. The Morgan fingerprint density at radius 1 is 1.17 bits per heavy atom. The Morgan fingerprint density at radius 3 is 2.46 bits per heavy atom. The lowest BCUT2D eigenvalue weighted by atomic mass is 10.0. The van der Waals surface area contributed by atoms with Gasteiger partial charge in [-0.05, 0) is 45.4 Å². The van der Waals surface area contributed by atoms with Gasteiger partial charge < -0.3 is 10.6 Å². The van der Waals surface area contributed by atoms with Crippen molar-refractivity contribution < 1.29 is 14.4 Å². The van der Waals surface area contributed by atoms with Crippen molar-refractivity contribution in [2.24, 2.45) is 5.10 Å². The fraction of sp³-hybridized carbons (Fsp3) is 0.412. The van der Waals surface area contributed by atoms with Crippen LogP contribution in [0.25, 0.3) is 0 Å². The summed E-state index contributed by atoms with van der Waals surface area (Å²) in [4.78, 5) is 35.7. The third-order valence-corrected chi connectivity index (χ3v) is 3.48. The first kappa shape index (κ1) is 17.7. The Bertz CT molecular complexity index is 717. The van der Waals surface area contributed by atoms with E-state index in [2.05, 4.69) is 21.2 Å². The summed E-state index contributed by atoms with van der Waals surface area (Å²) >= 11 is 0. The van der Waals surface area contributed by atoms with E-state index >= 15 is 0 Å². The highest BCUT2D eigenvalue weighted by Crippen LogP contribution is 2.20. The van der Waals surface area contributed by atoms with Crippen molar-refractivity contribution in [2.45, 2.75) is 46.1 Å². The minimum absolute atomic E-state index is 0.196. The van der Waals surface area contributed by atoms with Gasteiger partial charge in [-0.2, -0.15) is 5.10 Å². The summed E-state index contributed by atoms with van der Waals surface area (Å²) in [6, 6.07) is 5.15. The van der Waals surface area contributed by atoms with E-state index in [0.717, 1.165) is 0 Å². The van der Waals surface area contributed by atoms with Crippen LogP contribution in [0.1, 0.15) is 49.5 Å². The second kappa shape index (κ2) is 6.82. The number of rotatable bonds is 3. The highest BCUT2D eigenvalue weighted by molar-refractivity contribution is 6.43. The van der Waals surface area contributed by atoms with E-state index in [9.17, 15) is 14.4 Å². The SMILES string of the molecule is Cc1c(NC(=O)C2=NNC(=O)CC2)cccc1C(=O)NC(C)(C)C. The molecule has 128 valence electrons. The number of hydrogen-bond donors (Lipinski definition) is 3. The van der Waals surface area contributed by atoms with Crippen LogP contribution < -0.4 is 16.1 Å². The van der Waals surface area contributed by atoms with Gasteiger partial charge in [-0.25, -0.2) is 5.43 Å². The van der Waals surface area contributed by atoms with E-state index in [-0.39, 0.29) is 35.4 Å². The molecule has 2 rings (SSSR count). The summed E-state index contributed by atoms with van der Waals surface area (Å²) in [5.41, 5.74) is 3.92. The van der Waals surface area contributed by atoms with Crippen LogP contribution in [0.3, 0.4) is 0 Å². The molecule has 1 aliphatic rings. The molecule has 1 aliphatic heterocycles. The van der Waals surface area contributed by atoms with Crippen LogP contribution in [0.5, 0.6) is 0 Å². The molecule has 1 aromatic rings. The number of hydrazone groups is 1. The van der Waals surface area contributed by atoms with E-state index < -0.39 is 0 Å². The molecular weight excluding hydrogens is 308 g/mol. The quantitative estimate of drug-likeness (QED) is 0.787. The van der Waals surface area contributed by atoms with Gasteiger partial charge in [-0.15, -0.1) is 0 Å². The lowest BCUT2D eigenvalue weighted by molar-refractivity contribution is -0.121. The van der Waals surface area contributed by atoms with E-state index in [4.69, 9.17) is 0 Å². The lowest BCUT2D eigenvalue weighted by Crippen LogP contribution is -2.41. The van der Waals surface area contributed by atoms with Crippen molar-refractivity contribution in [1.82, 2.24) is 10.7 Å². The summed E-state index contributed by atoms with van der Waals surface area (Å²) in [6.45, 7) is 7.49. The fourth-order valence-corrected chi connectivity index (χ4v) is 2.26. The molecule has 24 heavy (non-hydrogen) atoms. The van der Waals surface area contributed by atoms with Gasteiger partial charge >= 0.3 is 0 Å². The molecule has 0 saturated heterocycles. The maximum atomic E-state index is 12.4. The second-order valence-corrected chi connectivity index (χ2v) is 6.73. The van der Waals surface area contributed by atoms with Gasteiger partial charge in [0.25, 0.3) is 11.8 Å². The second-order valence-electron chi connectivity index (χ2n) is 6.73. The number of amides is 3. The number of nitrogens with one attached hydrogen (secondary N) is 3. The maximum Gasteiger partial charge on any atom is 0.271 e. The van der Waals surface area contributed by atoms with E-state index in [1.165, 1.54) is 0 Å². The van der Waals surface area contributed by atoms with Crippen molar-refractivity contribution in [3.05, 3.63) is 29.3 Å². The van der Waals surface area contributed by atoms with Crippen LogP contribution in [0.2, 0.25) is 0 Å². The molecule has 0 atom stereocenters. The summed E-state index contributed by atoms with van der Waals surface area (Å²) in [6.07, 6.45) is 0.528. The molecule has 1 heterocycles. The largest absolute Gasteiger partial charge is 0.347 e. The molecule has 1 aromatic carbocycles. The number of carbonyl (C=O) groups excluding carboxylic acids is 3. The summed E-state index contributed by atoms with van der Waals surface area (Å²) < 4.78 is 0. The van der Waals surface area contributed by atoms with E-state index in [1.54, 1.807) is 25.1 Å². The minimum atomic E-state index is -0.383. The van der Waals surface area contributed by atoms with E-state index in [1.807, 2.05) is 20.8 Å². The Balaban J connectivity index is 2.17. The zero-order valence-corrected chi connectivity index (χ0v) is 14.3. The topological polar surface area (TPSA) is 99.7 Å². The Labute approximate surface area is 140 Å². The number of carbonyl (C=O) groups is 3. The van der Waals surface area contributed by atoms with Crippen LogP contribution in [-0.2, 0) is 9.59 Å². The molecule has 3 amide bonds. The minimum Gasteiger partial charge on any atom is -0.347 e. The van der Waals surface area contributed by atoms with Crippen LogP contribution in [0.4, 0.5) is 5.69 Å². The van der Waals surface area contributed by atoms with Gasteiger partial charge in [0.2, 0.25) is 5.91 Å². The third-order valence-electron chi connectivity index (χ3n) is 3.48. The monoisotopic (exact) mass is 330 g/mol. The number of nitrogens with zero attached hydrogens (tertiary/aromatic N) is 1. The van der Waals surface area contributed by atoms with Crippen molar-refractivity contribution in [3.8, 4) is 0 Å². The van der Waals surface area contributed by atoms with Gasteiger partial charge in [0.1, 0.15) is 5.71 Å². The normalized spacial score (nSPS) is 14.5. The molecule has 0 aromatic heterocycles. The molecule has 0 unspecified atom stereocenters. The van der Waals surface area contributed by atoms with E-state index in [0.29, 0.717) is 23.2 Å². The molecule has 0 bridgehead atoms. The molecule has 0 saturated carbocycles. The molecule has 7 heteroatoms. The van der Waals surface area contributed by atoms with Crippen LogP contribution >= 0.6 is 0 Å². The van der Waals surface area contributed by atoms with Gasteiger partial charge in [-0.1, -0.05) is 6.07 Å². The molecule has 0 fully saturated rings. The molecule has 0 spiro atoms. The zero-order valence-electron chi connectivity index (χ0n) is 14.3. The predicted molar refractivity (Wildman–Crippen MR) is 91.8 cm³/mol. The molecule has 0 aliphatic carbocycles. The fourth-order valence-electron chi connectivity index (χ4n) is 2.26. The molecule has 3 N–H and O–H groups in total. The first-order chi connectivity index (χ1) is 11.2. The van der Waals surface area contributed by atoms with Crippen LogP contribution in [0.15, 0.2) is 23.3 Å². The van der Waals surface area contributed by atoms with Crippen molar-refractivity contribution >= 4 is 29.1 Å². The van der Waals surface area contributed by atoms with Gasteiger partial charge in [-0.3, -0.25) is 14.4 Å². The average molecular weight is 330 g/mol. The lowest BCUT2D eigenvalue weighted by Gasteiger charge is -2.22.